The Kier molecular flexibility index (Phi) is 5.01. The average Bonchev–Trinajstić information content (AvgIpc) is 2.68. The molecule has 0 aromatic heterocycles. The van der Waals surface area contributed by atoms with Gasteiger partial charge < -0.3 is 10.1 Å². The minimum absolute atomic E-state index is 0.299. The molecule has 1 unspecified atom stereocenters. The summed E-state index contributed by atoms with van der Waals surface area (Å²) in [4.78, 5) is 35.7. The maximum absolute atomic E-state index is 12.1. The number of urea groups is 1. The van der Waals surface area contributed by atoms with Crippen molar-refractivity contribution in [1.82, 2.24) is 15.8 Å². The van der Waals surface area contributed by atoms with Crippen LogP contribution in [0.2, 0.25) is 10.0 Å². The van der Waals surface area contributed by atoms with Gasteiger partial charge in [0.15, 0.2) is 6.61 Å². The molecule has 1 aliphatic heterocycles. The Bertz CT molecular complexity index is 647. The Morgan fingerprint density at radius 2 is 1.91 bits per heavy atom. The van der Waals surface area contributed by atoms with Crippen molar-refractivity contribution in [2.75, 3.05) is 6.61 Å². The summed E-state index contributed by atoms with van der Waals surface area (Å²) in [6.07, 6.45) is 0.404. The third-order valence-electron chi connectivity index (χ3n) is 3.41. The third kappa shape index (κ3) is 3.86. The number of hydrogen-bond donors (Lipinski definition) is 2. The molecule has 1 atom stereocenters. The summed E-state index contributed by atoms with van der Waals surface area (Å²) in [6.45, 7) is 2.94. The van der Waals surface area contributed by atoms with E-state index in [4.69, 9.17) is 27.9 Å². The second kappa shape index (κ2) is 6.64. The fraction of sp³-hybridized carbons (Fsp3) is 0.357. The normalized spacial score (nSPS) is 20.4. The first-order valence-electron chi connectivity index (χ1n) is 6.80. The Morgan fingerprint density at radius 1 is 1.30 bits per heavy atom. The van der Waals surface area contributed by atoms with Crippen LogP contribution < -0.4 is 15.5 Å². The number of hydrazine groups is 1. The van der Waals surface area contributed by atoms with Gasteiger partial charge in [-0.1, -0.05) is 30.1 Å². The zero-order valence-electron chi connectivity index (χ0n) is 12.5. The number of ether oxygens (including phenoxy) is 1. The second-order valence-corrected chi connectivity index (χ2v) is 6.06. The SMILES string of the molecule is CCC1(C)NC(=O)N(NC(=O)COc2cc(Cl)cc(Cl)c2)C1=O. The summed E-state index contributed by atoms with van der Waals surface area (Å²) in [6, 6.07) is 3.82. The molecule has 0 bridgehead atoms. The van der Waals surface area contributed by atoms with Gasteiger partial charge in [0, 0.05) is 10.0 Å². The minimum Gasteiger partial charge on any atom is -0.484 e. The fourth-order valence-corrected chi connectivity index (χ4v) is 2.45. The molecule has 1 aromatic carbocycles. The van der Waals surface area contributed by atoms with Crippen molar-refractivity contribution < 1.29 is 19.1 Å². The van der Waals surface area contributed by atoms with Gasteiger partial charge in [0.2, 0.25) is 0 Å². The average molecular weight is 360 g/mol. The second-order valence-electron chi connectivity index (χ2n) is 5.19. The number of hydrogen-bond acceptors (Lipinski definition) is 4. The monoisotopic (exact) mass is 359 g/mol. The van der Waals surface area contributed by atoms with Gasteiger partial charge in [-0.2, -0.15) is 5.01 Å². The van der Waals surface area contributed by atoms with Crippen LogP contribution in [0.5, 0.6) is 5.75 Å². The highest BCUT2D eigenvalue weighted by molar-refractivity contribution is 6.34. The van der Waals surface area contributed by atoms with Crippen LogP contribution >= 0.6 is 23.2 Å². The largest absolute Gasteiger partial charge is 0.484 e. The van der Waals surface area contributed by atoms with Gasteiger partial charge in [-0.25, -0.2) is 4.79 Å². The maximum atomic E-state index is 12.1. The smallest absolute Gasteiger partial charge is 0.344 e. The third-order valence-corrected chi connectivity index (χ3v) is 3.85. The van der Waals surface area contributed by atoms with Crippen LogP contribution in [0.1, 0.15) is 20.3 Å². The number of halogens is 2. The predicted octanol–water partition coefficient (Wildman–Crippen LogP) is 2.12. The molecule has 0 saturated carbocycles. The Hall–Kier alpha value is -1.99. The molecular formula is C14H15Cl2N3O4. The van der Waals surface area contributed by atoms with E-state index in [1.165, 1.54) is 18.2 Å². The van der Waals surface area contributed by atoms with E-state index in [9.17, 15) is 14.4 Å². The molecule has 0 radical (unpaired) electrons. The molecule has 1 saturated heterocycles. The molecule has 0 aliphatic carbocycles. The van der Waals surface area contributed by atoms with Crippen LogP contribution in [0.4, 0.5) is 4.79 Å². The molecule has 4 amide bonds. The van der Waals surface area contributed by atoms with Crippen LogP contribution in [-0.2, 0) is 9.59 Å². The van der Waals surface area contributed by atoms with E-state index < -0.39 is 30.0 Å². The molecule has 1 aromatic rings. The predicted molar refractivity (Wildman–Crippen MR) is 84.2 cm³/mol. The number of benzene rings is 1. The van der Waals surface area contributed by atoms with E-state index in [-0.39, 0.29) is 0 Å². The number of carbonyl (C=O) groups excluding carboxylic acids is 3. The highest BCUT2D eigenvalue weighted by Gasteiger charge is 2.47. The number of nitrogens with one attached hydrogen (secondary N) is 2. The molecule has 124 valence electrons. The lowest BCUT2D eigenvalue weighted by molar-refractivity contribution is -0.139. The summed E-state index contributed by atoms with van der Waals surface area (Å²) in [5.74, 6) is -0.887. The Labute approximate surface area is 142 Å². The summed E-state index contributed by atoms with van der Waals surface area (Å²) < 4.78 is 5.24. The Morgan fingerprint density at radius 3 is 2.43 bits per heavy atom. The van der Waals surface area contributed by atoms with Crippen molar-refractivity contribution in [2.24, 2.45) is 0 Å². The minimum atomic E-state index is -1.02. The van der Waals surface area contributed by atoms with E-state index in [1.807, 2.05) is 0 Å². The highest BCUT2D eigenvalue weighted by atomic mass is 35.5. The molecule has 1 aliphatic rings. The van der Waals surface area contributed by atoms with Gasteiger partial charge in [0.05, 0.1) is 0 Å². The highest BCUT2D eigenvalue weighted by Crippen LogP contribution is 2.24. The lowest BCUT2D eigenvalue weighted by Crippen LogP contribution is -2.49. The number of rotatable bonds is 5. The zero-order chi connectivity index (χ0) is 17.2. The molecule has 0 spiro atoms. The molecule has 1 fully saturated rings. The van der Waals surface area contributed by atoms with Crippen LogP contribution in [0.3, 0.4) is 0 Å². The molecule has 7 nitrogen and oxygen atoms in total. The molecule has 1 heterocycles. The molecular weight excluding hydrogens is 345 g/mol. The molecule has 2 rings (SSSR count). The van der Waals surface area contributed by atoms with E-state index >= 15 is 0 Å². The van der Waals surface area contributed by atoms with Crippen LogP contribution in [0, 0.1) is 0 Å². The van der Waals surface area contributed by atoms with E-state index in [2.05, 4.69) is 10.7 Å². The van der Waals surface area contributed by atoms with Crippen molar-refractivity contribution in [1.29, 1.82) is 0 Å². The van der Waals surface area contributed by atoms with Crippen LogP contribution in [0.15, 0.2) is 18.2 Å². The molecule has 23 heavy (non-hydrogen) atoms. The molecule has 9 heteroatoms. The van der Waals surface area contributed by atoms with Crippen molar-refractivity contribution >= 4 is 41.0 Å². The standard InChI is InChI=1S/C14H15Cl2N3O4/c1-3-14(2)12(21)19(13(22)17-14)18-11(20)7-23-10-5-8(15)4-9(16)6-10/h4-6H,3,7H2,1-2H3,(H,17,22)(H,18,20). The van der Waals surface area contributed by atoms with Gasteiger partial charge in [-0.3, -0.25) is 15.0 Å². The zero-order valence-corrected chi connectivity index (χ0v) is 14.0. The van der Waals surface area contributed by atoms with Crippen molar-refractivity contribution in [3.8, 4) is 5.75 Å². The van der Waals surface area contributed by atoms with Gasteiger partial charge in [-0.15, -0.1) is 0 Å². The lowest BCUT2D eigenvalue weighted by Gasteiger charge is -2.19. The van der Waals surface area contributed by atoms with Crippen molar-refractivity contribution in [3.05, 3.63) is 28.2 Å². The van der Waals surface area contributed by atoms with E-state index in [0.717, 1.165) is 0 Å². The van der Waals surface area contributed by atoms with Crippen LogP contribution in [0.25, 0.3) is 0 Å². The fourth-order valence-electron chi connectivity index (χ4n) is 1.94. The van der Waals surface area contributed by atoms with Crippen LogP contribution in [-0.4, -0.2) is 35.0 Å². The quantitative estimate of drug-likeness (QED) is 0.788. The van der Waals surface area contributed by atoms with Crippen molar-refractivity contribution in [2.45, 2.75) is 25.8 Å². The van der Waals surface area contributed by atoms with E-state index in [0.29, 0.717) is 27.2 Å². The summed E-state index contributed by atoms with van der Waals surface area (Å²) in [5, 5.41) is 3.90. The van der Waals surface area contributed by atoms with E-state index in [1.54, 1.807) is 13.8 Å². The van der Waals surface area contributed by atoms with Crippen molar-refractivity contribution in [3.63, 3.8) is 0 Å². The number of amides is 4. The van der Waals surface area contributed by atoms with Gasteiger partial charge in [0.1, 0.15) is 11.3 Å². The number of carbonyl (C=O) groups is 3. The van der Waals surface area contributed by atoms with Gasteiger partial charge in [-0.05, 0) is 31.5 Å². The van der Waals surface area contributed by atoms with Gasteiger partial charge in [0.25, 0.3) is 11.8 Å². The first-order chi connectivity index (χ1) is 10.7. The molecule has 2 N–H and O–H groups in total. The summed E-state index contributed by atoms with van der Waals surface area (Å²) in [7, 11) is 0. The number of imide groups is 1. The first kappa shape index (κ1) is 17.4. The lowest BCUT2D eigenvalue weighted by atomic mass is 10.00. The van der Waals surface area contributed by atoms with Gasteiger partial charge >= 0.3 is 6.03 Å². The Balaban J connectivity index is 1.95. The summed E-state index contributed by atoms with van der Waals surface area (Å²) in [5.41, 5.74) is 1.19. The number of nitrogens with zero attached hydrogens (tertiary/aromatic N) is 1. The maximum Gasteiger partial charge on any atom is 0.344 e. The topological polar surface area (TPSA) is 87.7 Å². The first-order valence-corrected chi connectivity index (χ1v) is 7.56. The summed E-state index contributed by atoms with van der Waals surface area (Å²) >= 11 is 11.6.